The molecule has 0 unspecified atom stereocenters. The average molecular weight is 391 g/mol. The van der Waals surface area contributed by atoms with E-state index in [1.54, 1.807) is 0 Å². The second kappa shape index (κ2) is 9.25. The first-order valence-electron chi connectivity index (χ1n) is 10.9. The number of likely N-dealkylation sites (tertiary alicyclic amines) is 1. The molecule has 4 heteroatoms. The largest absolute Gasteiger partial charge is 0.342 e. The molecular weight excluding hydrogens is 360 g/mol. The smallest absolute Gasteiger partial charge is 0.230 e. The number of nitrogens with zero attached hydrogens (tertiary/aromatic N) is 2. The molecule has 0 N–H and O–H groups in total. The number of carbonyl (C=O) groups excluding carboxylic acids is 2. The van der Waals surface area contributed by atoms with E-state index in [9.17, 15) is 9.59 Å². The summed E-state index contributed by atoms with van der Waals surface area (Å²) >= 11 is 0. The van der Waals surface area contributed by atoms with Crippen LogP contribution >= 0.6 is 0 Å². The normalized spacial score (nSPS) is 21.7. The number of rotatable bonds is 5. The zero-order chi connectivity index (χ0) is 20.1. The van der Waals surface area contributed by atoms with Crippen LogP contribution in [0.5, 0.6) is 0 Å². The molecule has 2 amide bonds. The lowest BCUT2D eigenvalue weighted by Crippen LogP contribution is -2.40. The molecular formula is C25H30N2O2. The summed E-state index contributed by atoms with van der Waals surface area (Å²) in [5.74, 6) is 0.614. The van der Waals surface area contributed by atoms with Gasteiger partial charge in [-0.3, -0.25) is 9.59 Å². The summed E-state index contributed by atoms with van der Waals surface area (Å²) in [7, 11) is 0. The first-order chi connectivity index (χ1) is 14.2. The van der Waals surface area contributed by atoms with E-state index in [0.717, 1.165) is 62.9 Å². The summed E-state index contributed by atoms with van der Waals surface area (Å²) in [4.78, 5) is 30.1. The van der Waals surface area contributed by atoms with E-state index in [2.05, 4.69) is 12.1 Å². The van der Waals surface area contributed by atoms with Gasteiger partial charge in [0.1, 0.15) is 0 Å². The third kappa shape index (κ3) is 4.69. The minimum atomic E-state index is 0.00143. The van der Waals surface area contributed by atoms with Crippen LogP contribution in [-0.2, 0) is 16.1 Å². The van der Waals surface area contributed by atoms with Gasteiger partial charge in [-0.2, -0.15) is 0 Å². The van der Waals surface area contributed by atoms with Crippen LogP contribution in [0.15, 0.2) is 60.7 Å². The molecule has 0 bridgehead atoms. The van der Waals surface area contributed by atoms with Crippen molar-refractivity contribution in [1.29, 1.82) is 0 Å². The van der Waals surface area contributed by atoms with Crippen molar-refractivity contribution in [2.75, 3.05) is 18.0 Å². The SMILES string of the molecule is O=C(C1CCC(C(=O)N(Cc2ccccc2)c2ccccc2)CC1)N1CCCC1. The van der Waals surface area contributed by atoms with Crippen LogP contribution < -0.4 is 4.90 Å². The van der Waals surface area contributed by atoms with Crippen LogP contribution in [0.2, 0.25) is 0 Å². The van der Waals surface area contributed by atoms with Crippen molar-refractivity contribution < 1.29 is 9.59 Å². The number of benzene rings is 2. The highest BCUT2D eigenvalue weighted by molar-refractivity contribution is 5.95. The summed E-state index contributed by atoms with van der Waals surface area (Å²) < 4.78 is 0. The van der Waals surface area contributed by atoms with Gasteiger partial charge in [-0.05, 0) is 56.2 Å². The fourth-order valence-corrected chi connectivity index (χ4v) is 4.67. The summed E-state index contributed by atoms with van der Waals surface area (Å²) in [6, 6.07) is 20.1. The molecule has 2 aromatic rings. The molecule has 152 valence electrons. The highest BCUT2D eigenvalue weighted by Gasteiger charge is 2.34. The van der Waals surface area contributed by atoms with Crippen LogP contribution in [0, 0.1) is 11.8 Å². The predicted octanol–water partition coefficient (Wildman–Crippen LogP) is 4.65. The standard InChI is InChI=1S/C25H30N2O2/c28-24(26-17-7-8-18-26)21-13-15-22(16-14-21)25(29)27(23-11-5-2-6-12-23)19-20-9-3-1-4-10-20/h1-6,9-12,21-22H,7-8,13-19H2. The van der Waals surface area contributed by atoms with Crippen LogP contribution in [0.4, 0.5) is 5.69 Å². The third-order valence-electron chi connectivity index (χ3n) is 6.36. The molecule has 2 fully saturated rings. The molecule has 4 rings (SSSR count). The van der Waals surface area contributed by atoms with E-state index in [-0.39, 0.29) is 17.7 Å². The van der Waals surface area contributed by atoms with Gasteiger partial charge in [-0.25, -0.2) is 0 Å². The van der Waals surface area contributed by atoms with E-state index in [1.165, 1.54) is 0 Å². The molecule has 4 nitrogen and oxygen atoms in total. The van der Waals surface area contributed by atoms with Crippen LogP contribution in [-0.4, -0.2) is 29.8 Å². The van der Waals surface area contributed by atoms with Gasteiger partial charge in [0.2, 0.25) is 11.8 Å². The van der Waals surface area contributed by atoms with Crippen molar-refractivity contribution in [2.45, 2.75) is 45.1 Å². The zero-order valence-electron chi connectivity index (χ0n) is 17.0. The van der Waals surface area contributed by atoms with Gasteiger partial charge < -0.3 is 9.80 Å². The van der Waals surface area contributed by atoms with E-state index in [1.807, 2.05) is 58.3 Å². The molecule has 1 saturated carbocycles. The molecule has 0 aromatic heterocycles. The van der Waals surface area contributed by atoms with Gasteiger partial charge in [-0.1, -0.05) is 48.5 Å². The topological polar surface area (TPSA) is 40.6 Å². The third-order valence-corrected chi connectivity index (χ3v) is 6.36. The quantitative estimate of drug-likeness (QED) is 0.746. The van der Waals surface area contributed by atoms with E-state index >= 15 is 0 Å². The van der Waals surface area contributed by atoms with Crippen molar-refractivity contribution in [2.24, 2.45) is 11.8 Å². The van der Waals surface area contributed by atoms with Crippen molar-refractivity contribution in [3.05, 3.63) is 66.2 Å². The van der Waals surface area contributed by atoms with Crippen molar-refractivity contribution in [1.82, 2.24) is 4.90 Å². The molecule has 0 atom stereocenters. The number of amides is 2. The summed E-state index contributed by atoms with van der Waals surface area (Å²) in [6.45, 7) is 2.41. The van der Waals surface area contributed by atoms with Crippen molar-refractivity contribution >= 4 is 17.5 Å². The lowest BCUT2D eigenvalue weighted by molar-refractivity contribution is -0.137. The predicted molar refractivity (Wildman–Crippen MR) is 115 cm³/mol. The minimum Gasteiger partial charge on any atom is -0.342 e. The molecule has 0 spiro atoms. The van der Waals surface area contributed by atoms with Gasteiger partial charge in [0.05, 0.1) is 6.54 Å². The highest BCUT2D eigenvalue weighted by Crippen LogP contribution is 2.33. The molecule has 2 aliphatic rings. The Morgan fingerprint density at radius 2 is 1.34 bits per heavy atom. The Morgan fingerprint density at radius 3 is 1.97 bits per heavy atom. The van der Waals surface area contributed by atoms with E-state index < -0.39 is 0 Å². The Bertz CT molecular complexity index is 807. The minimum absolute atomic E-state index is 0.00143. The van der Waals surface area contributed by atoms with Crippen LogP contribution in [0.3, 0.4) is 0 Å². The molecule has 2 aromatic carbocycles. The Kier molecular flexibility index (Phi) is 6.28. The summed E-state index contributed by atoms with van der Waals surface area (Å²) in [5, 5.41) is 0. The van der Waals surface area contributed by atoms with Gasteiger partial charge in [0.15, 0.2) is 0 Å². The molecule has 1 saturated heterocycles. The number of para-hydroxylation sites is 1. The summed E-state index contributed by atoms with van der Waals surface area (Å²) in [6.07, 6.45) is 5.54. The number of carbonyl (C=O) groups is 2. The Labute approximate surface area is 173 Å². The maximum atomic E-state index is 13.5. The average Bonchev–Trinajstić information content (AvgIpc) is 3.33. The summed E-state index contributed by atoms with van der Waals surface area (Å²) in [5.41, 5.74) is 2.07. The Morgan fingerprint density at radius 1 is 0.793 bits per heavy atom. The fourth-order valence-electron chi connectivity index (χ4n) is 4.67. The molecule has 29 heavy (non-hydrogen) atoms. The van der Waals surface area contributed by atoms with Crippen LogP contribution in [0.25, 0.3) is 0 Å². The maximum absolute atomic E-state index is 13.5. The first kappa shape index (κ1) is 19.7. The zero-order valence-corrected chi connectivity index (χ0v) is 17.0. The van der Waals surface area contributed by atoms with Crippen molar-refractivity contribution in [3.8, 4) is 0 Å². The van der Waals surface area contributed by atoms with Gasteiger partial charge in [0, 0.05) is 30.6 Å². The van der Waals surface area contributed by atoms with Gasteiger partial charge >= 0.3 is 0 Å². The van der Waals surface area contributed by atoms with Crippen molar-refractivity contribution in [3.63, 3.8) is 0 Å². The maximum Gasteiger partial charge on any atom is 0.230 e. The monoisotopic (exact) mass is 390 g/mol. The lowest BCUT2D eigenvalue weighted by Gasteiger charge is -2.33. The molecule has 1 aliphatic carbocycles. The fraction of sp³-hybridized carbons (Fsp3) is 0.440. The first-order valence-corrected chi connectivity index (χ1v) is 10.9. The second-order valence-corrected chi connectivity index (χ2v) is 8.33. The number of anilines is 1. The van der Waals surface area contributed by atoms with E-state index in [0.29, 0.717) is 12.5 Å². The molecule has 1 aliphatic heterocycles. The number of hydrogen-bond acceptors (Lipinski definition) is 2. The Hall–Kier alpha value is -2.62. The van der Waals surface area contributed by atoms with Gasteiger partial charge in [0.25, 0.3) is 0 Å². The number of hydrogen-bond donors (Lipinski definition) is 0. The van der Waals surface area contributed by atoms with Gasteiger partial charge in [-0.15, -0.1) is 0 Å². The Balaban J connectivity index is 1.43. The molecule has 0 radical (unpaired) electrons. The lowest BCUT2D eigenvalue weighted by atomic mass is 9.80. The van der Waals surface area contributed by atoms with E-state index in [4.69, 9.17) is 0 Å². The molecule has 1 heterocycles. The van der Waals surface area contributed by atoms with Crippen LogP contribution in [0.1, 0.15) is 44.1 Å². The highest BCUT2D eigenvalue weighted by atomic mass is 16.2. The second-order valence-electron chi connectivity index (χ2n) is 8.33.